The molecule has 7 rings (SSSR count). The number of aromatic nitrogens is 2. The maximum atomic E-state index is 15.1. The van der Waals surface area contributed by atoms with Crippen LogP contribution in [-0.2, 0) is 10.0 Å². The first-order valence-electron chi connectivity index (χ1n) is 14.7. The molecular formula is C31H32F3N5O4S. The molecule has 3 saturated heterocycles. The van der Waals surface area contributed by atoms with Crippen LogP contribution in [0.2, 0.25) is 0 Å². The highest BCUT2D eigenvalue weighted by Gasteiger charge is 2.49. The molecule has 0 spiro atoms. The minimum absolute atomic E-state index is 0.0320. The van der Waals surface area contributed by atoms with Crippen LogP contribution in [-0.4, -0.2) is 85.2 Å². The average Bonchev–Trinajstić information content (AvgIpc) is 3.66. The maximum Gasteiger partial charge on any atom is 0.319 e. The van der Waals surface area contributed by atoms with E-state index in [4.69, 9.17) is 14.7 Å². The Labute approximate surface area is 252 Å². The summed E-state index contributed by atoms with van der Waals surface area (Å²) in [6, 6.07) is 10.2. The molecule has 3 aliphatic rings. The molecule has 13 heteroatoms. The second-order valence-electron chi connectivity index (χ2n) is 12.2. The third-order valence-electron chi connectivity index (χ3n) is 9.06. The fourth-order valence-electron chi connectivity index (χ4n) is 7.17. The molecule has 3 aromatic carbocycles. The van der Waals surface area contributed by atoms with E-state index in [9.17, 15) is 22.3 Å². The summed E-state index contributed by atoms with van der Waals surface area (Å²) in [7, 11) is -3.41. The van der Waals surface area contributed by atoms with Crippen LogP contribution >= 0.6 is 0 Å². The number of ether oxygens (including phenoxy) is 1. The molecule has 2 N–H and O–H groups in total. The number of nitrogens with zero attached hydrogens (tertiary/aromatic N) is 4. The monoisotopic (exact) mass is 627 g/mol. The molecule has 1 aromatic heterocycles. The van der Waals surface area contributed by atoms with Gasteiger partial charge in [-0.05, 0) is 72.7 Å². The van der Waals surface area contributed by atoms with Crippen LogP contribution in [0.4, 0.5) is 19.0 Å². The molecular weight excluding hydrogens is 595 g/mol. The molecule has 1 unspecified atom stereocenters. The van der Waals surface area contributed by atoms with Gasteiger partial charge in [-0.2, -0.15) is 9.97 Å². The van der Waals surface area contributed by atoms with Crippen molar-refractivity contribution in [2.75, 3.05) is 43.9 Å². The highest BCUT2D eigenvalue weighted by atomic mass is 32.2. The summed E-state index contributed by atoms with van der Waals surface area (Å²) in [5, 5.41) is 11.4. The van der Waals surface area contributed by atoms with Crippen molar-refractivity contribution in [3.63, 3.8) is 0 Å². The highest BCUT2D eigenvalue weighted by molar-refractivity contribution is 7.88. The number of aromatic hydroxyl groups is 1. The number of rotatable bonds is 7. The van der Waals surface area contributed by atoms with Crippen LogP contribution in [0.5, 0.6) is 11.8 Å². The smallest absolute Gasteiger partial charge is 0.319 e. The van der Waals surface area contributed by atoms with Gasteiger partial charge >= 0.3 is 6.01 Å². The summed E-state index contributed by atoms with van der Waals surface area (Å²) in [5.74, 6) is -1.58. The molecule has 232 valence electrons. The van der Waals surface area contributed by atoms with Gasteiger partial charge in [0.25, 0.3) is 0 Å². The summed E-state index contributed by atoms with van der Waals surface area (Å²) in [6.07, 6.45) is 2.94. The van der Waals surface area contributed by atoms with Crippen LogP contribution in [0.15, 0.2) is 42.5 Å². The summed E-state index contributed by atoms with van der Waals surface area (Å²) >= 11 is 0. The first-order chi connectivity index (χ1) is 21.0. The standard InChI is InChI=1S/C31H32F3N5O4S/c1-44(41,42)37-21-7-10-38(16-21)29-23-5-3-18(24-13-22(40)11-19-4-6-25(33)28(34)27(19)24)12-26(23)35-30(36-29)43-17-31-8-2-9-39(31)15-20(32)14-31/h3-6,11-13,20-21,37,40H,2,7-10,14-17H2,1H3/t20-,21?,31+/m1/s1. The number of hydrogen-bond acceptors (Lipinski definition) is 8. The Balaban J connectivity index is 1.31. The number of benzene rings is 3. The second kappa shape index (κ2) is 10.7. The predicted molar refractivity (Wildman–Crippen MR) is 161 cm³/mol. The van der Waals surface area contributed by atoms with E-state index in [0.29, 0.717) is 65.7 Å². The normalized spacial score (nSPS) is 24.0. The molecule has 3 aliphatic heterocycles. The van der Waals surface area contributed by atoms with E-state index in [1.54, 1.807) is 18.2 Å². The molecule has 3 atom stereocenters. The Hall–Kier alpha value is -3.68. The maximum absolute atomic E-state index is 15.1. The lowest BCUT2D eigenvalue weighted by molar-refractivity contribution is 0.107. The van der Waals surface area contributed by atoms with Crippen LogP contribution in [0.25, 0.3) is 32.8 Å². The Morgan fingerprint density at radius 1 is 1.11 bits per heavy atom. The number of nitrogens with one attached hydrogen (secondary N) is 1. The minimum atomic E-state index is -3.41. The van der Waals surface area contributed by atoms with Crippen LogP contribution in [0.3, 0.4) is 0 Å². The van der Waals surface area contributed by atoms with Crippen molar-refractivity contribution in [3.8, 4) is 22.9 Å². The van der Waals surface area contributed by atoms with Crippen molar-refractivity contribution in [2.45, 2.75) is 43.4 Å². The van der Waals surface area contributed by atoms with Crippen LogP contribution in [0.1, 0.15) is 25.7 Å². The number of halogens is 3. The lowest BCUT2D eigenvalue weighted by Crippen LogP contribution is -2.43. The van der Waals surface area contributed by atoms with E-state index in [2.05, 4.69) is 9.62 Å². The van der Waals surface area contributed by atoms with Gasteiger partial charge in [0.15, 0.2) is 11.6 Å². The molecule has 44 heavy (non-hydrogen) atoms. The molecule has 0 saturated carbocycles. The van der Waals surface area contributed by atoms with Crippen molar-refractivity contribution in [2.24, 2.45) is 0 Å². The Morgan fingerprint density at radius 2 is 1.95 bits per heavy atom. The molecule has 4 aromatic rings. The zero-order valence-electron chi connectivity index (χ0n) is 24.1. The number of hydrogen-bond donors (Lipinski definition) is 2. The van der Waals surface area contributed by atoms with Gasteiger partial charge in [0.05, 0.1) is 17.3 Å². The number of phenols is 1. The minimum Gasteiger partial charge on any atom is -0.508 e. The van der Waals surface area contributed by atoms with Gasteiger partial charge in [-0.15, -0.1) is 0 Å². The molecule has 9 nitrogen and oxygen atoms in total. The Morgan fingerprint density at radius 3 is 2.77 bits per heavy atom. The van der Waals surface area contributed by atoms with E-state index < -0.39 is 33.4 Å². The Kier molecular flexibility index (Phi) is 7.09. The third-order valence-corrected chi connectivity index (χ3v) is 9.82. The molecule has 0 radical (unpaired) electrons. The van der Waals surface area contributed by atoms with Crippen LogP contribution in [0, 0.1) is 11.6 Å². The van der Waals surface area contributed by atoms with Crippen LogP contribution < -0.4 is 14.4 Å². The summed E-state index contributed by atoms with van der Waals surface area (Å²) < 4.78 is 76.4. The average molecular weight is 628 g/mol. The molecule has 4 heterocycles. The van der Waals surface area contributed by atoms with Gasteiger partial charge in [-0.3, -0.25) is 4.90 Å². The van der Waals surface area contributed by atoms with Crippen molar-refractivity contribution >= 4 is 37.5 Å². The zero-order valence-corrected chi connectivity index (χ0v) is 24.9. The predicted octanol–water partition coefficient (Wildman–Crippen LogP) is 4.52. The fourth-order valence-corrected chi connectivity index (χ4v) is 7.97. The van der Waals surface area contributed by atoms with Gasteiger partial charge in [-0.25, -0.2) is 26.3 Å². The number of fused-ring (bicyclic) bond motifs is 3. The first-order valence-corrected chi connectivity index (χ1v) is 16.5. The van der Waals surface area contributed by atoms with Crippen molar-refractivity contribution in [1.29, 1.82) is 0 Å². The number of alkyl halides is 1. The van der Waals surface area contributed by atoms with E-state index in [-0.39, 0.29) is 29.8 Å². The number of anilines is 1. The second-order valence-corrected chi connectivity index (χ2v) is 14.0. The lowest BCUT2D eigenvalue weighted by Gasteiger charge is -2.31. The van der Waals surface area contributed by atoms with Gasteiger partial charge < -0.3 is 14.7 Å². The summed E-state index contributed by atoms with van der Waals surface area (Å²) in [4.78, 5) is 13.5. The van der Waals surface area contributed by atoms with Crippen molar-refractivity contribution < 1.29 is 31.4 Å². The summed E-state index contributed by atoms with van der Waals surface area (Å²) in [6.45, 7) is 2.33. The quantitative estimate of drug-likeness (QED) is 0.308. The molecule has 0 bridgehead atoms. The topological polar surface area (TPSA) is 108 Å². The van der Waals surface area contributed by atoms with Gasteiger partial charge in [0.2, 0.25) is 10.0 Å². The SMILES string of the molecule is CS(=O)(=O)NC1CCN(c2nc(OC[C@@]34CCCN3C[C@H](F)C4)nc3cc(-c4cc(O)cc5ccc(F)c(F)c45)ccc23)C1. The van der Waals surface area contributed by atoms with E-state index in [1.165, 1.54) is 18.2 Å². The van der Waals surface area contributed by atoms with Gasteiger partial charge in [0.1, 0.15) is 24.3 Å². The lowest BCUT2D eigenvalue weighted by atomic mass is 9.95. The van der Waals surface area contributed by atoms with Crippen molar-refractivity contribution in [1.82, 2.24) is 19.6 Å². The van der Waals surface area contributed by atoms with E-state index in [0.717, 1.165) is 31.7 Å². The summed E-state index contributed by atoms with van der Waals surface area (Å²) in [5.41, 5.74) is 0.833. The van der Waals surface area contributed by atoms with Gasteiger partial charge in [-0.1, -0.05) is 12.1 Å². The third kappa shape index (κ3) is 5.30. The van der Waals surface area contributed by atoms with Gasteiger partial charge in [0, 0.05) is 42.9 Å². The fraction of sp³-hybridized carbons (Fsp3) is 0.419. The molecule has 3 fully saturated rings. The van der Waals surface area contributed by atoms with E-state index in [1.807, 2.05) is 4.90 Å². The largest absolute Gasteiger partial charge is 0.508 e. The highest BCUT2D eigenvalue weighted by Crippen LogP contribution is 2.41. The number of phenolic OH excluding ortho intramolecular Hbond substituents is 1. The molecule has 0 aliphatic carbocycles. The Bertz CT molecular complexity index is 1890. The first kappa shape index (κ1) is 29.1. The zero-order chi connectivity index (χ0) is 30.8. The molecule has 0 amide bonds. The van der Waals surface area contributed by atoms with Crippen molar-refractivity contribution in [3.05, 3.63) is 54.1 Å². The van der Waals surface area contributed by atoms with E-state index >= 15 is 4.39 Å². The number of sulfonamides is 1.